The fourth-order valence-corrected chi connectivity index (χ4v) is 1.04. The van der Waals surface area contributed by atoms with Gasteiger partial charge in [-0.3, -0.25) is 0 Å². The van der Waals surface area contributed by atoms with Gasteiger partial charge in [-0.2, -0.15) is 10.5 Å². The van der Waals surface area contributed by atoms with Gasteiger partial charge in [-0.15, -0.1) is 0 Å². The second-order valence-corrected chi connectivity index (χ2v) is 2.91. The van der Waals surface area contributed by atoms with Crippen molar-refractivity contribution in [2.24, 2.45) is 0 Å². The van der Waals surface area contributed by atoms with Crippen molar-refractivity contribution < 1.29 is 4.39 Å². The van der Waals surface area contributed by atoms with Crippen LogP contribution in [0.15, 0.2) is 30.0 Å². The molecular formula is C10H5ClFN3. The molecule has 1 N–H and O–H groups in total. The molecule has 1 rings (SSSR count). The second kappa shape index (κ2) is 4.99. The van der Waals surface area contributed by atoms with Crippen LogP contribution in [0.2, 0.25) is 5.02 Å². The van der Waals surface area contributed by atoms with Gasteiger partial charge in [0, 0.05) is 6.20 Å². The Morgan fingerprint density at radius 3 is 2.67 bits per heavy atom. The molecule has 15 heavy (non-hydrogen) atoms. The van der Waals surface area contributed by atoms with Crippen molar-refractivity contribution in [3.63, 3.8) is 0 Å². The average molecular weight is 222 g/mol. The summed E-state index contributed by atoms with van der Waals surface area (Å²) >= 11 is 5.63. The van der Waals surface area contributed by atoms with Crippen molar-refractivity contribution in [2.75, 3.05) is 5.32 Å². The van der Waals surface area contributed by atoms with E-state index in [2.05, 4.69) is 5.32 Å². The van der Waals surface area contributed by atoms with E-state index in [1.54, 1.807) is 12.1 Å². The molecule has 0 aliphatic carbocycles. The van der Waals surface area contributed by atoms with Crippen LogP contribution in [-0.2, 0) is 0 Å². The number of nitrogens with zero attached hydrogens (tertiary/aromatic N) is 2. The number of hydrogen-bond acceptors (Lipinski definition) is 3. The number of nitriles is 2. The number of rotatable bonds is 2. The Kier molecular flexibility index (Phi) is 3.68. The molecule has 74 valence electrons. The first kappa shape index (κ1) is 11.0. The molecule has 0 bridgehead atoms. The fraction of sp³-hybridized carbons (Fsp3) is 0. The van der Waals surface area contributed by atoms with Crippen LogP contribution in [0.5, 0.6) is 0 Å². The van der Waals surface area contributed by atoms with Crippen molar-refractivity contribution >= 4 is 17.3 Å². The predicted octanol–water partition coefficient (Wildman–Crippen LogP) is 2.82. The highest BCUT2D eigenvalue weighted by molar-refractivity contribution is 6.33. The maximum Gasteiger partial charge on any atom is 0.145 e. The molecule has 0 aliphatic rings. The van der Waals surface area contributed by atoms with Crippen LogP contribution in [0.1, 0.15) is 0 Å². The standard InChI is InChI=1S/C10H5ClFN3/c11-10-8(12)2-1-3-9(10)15-6-7(4-13)5-14/h1-3,6,15H. The average Bonchev–Trinajstić information content (AvgIpc) is 2.25. The van der Waals surface area contributed by atoms with Gasteiger partial charge >= 0.3 is 0 Å². The highest BCUT2D eigenvalue weighted by Gasteiger charge is 2.03. The van der Waals surface area contributed by atoms with Gasteiger partial charge in [-0.25, -0.2) is 4.39 Å². The van der Waals surface area contributed by atoms with Crippen LogP contribution < -0.4 is 5.32 Å². The number of nitrogens with one attached hydrogen (secondary N) is 1. The summed E-state index contributed by atoms with van der Waals surface area (Å²) < 4.78 is 12.9. The molecule has 0 fully saturated rings. The number of benzene rings is 1. The Labute approximate surface area is 91.0 Å². The summed E-state index contributed by atoms with van der Waals surface area (Å²) in [6.07, 6.45) is 1.17. The molecule has 0 saturated carbocycles. The minimum Gasteiger partial charge on any atom is -0.359 e. The zero-order valence-electron chi connectivity index (χ0n) is 7.46. The molecule has 0 spiro atoms. The van der Waals surface area contributed by atoms with E-state index >= 15 is 0 Å². The first-order chi connectivity index (χ1) is 7.19. The summed E-state index contributed by atoms with van der Waals surface area (Å²) in [7, 11) is 0. The minimum atomic E-state index is -0.564. The van der Waals surface area contributed by atoms with E-state index in [0.717, 1.165) is 0 Å². The van der Waals surface area contributed by atoms with Crippen molar-refractivity contribution in [1.82, 2.24) is 0 Å². The van der Waals surface area contributed by atoms with E-state index in [4.69, 9.17) is 22.1 Å². The Hall–Kier alpha value is -2.04. The molecule has 0 unspecified atom stereocenters. The minimum absolute atomic E-state index is 0.0796. The van der Waals surface area contributed by atoms with Gasteiger partial charge in [0.1, 0.15) is 23.5 Å². The van der Waals surface area contributed by atoms with Crippen LogP contribution in [0, 0.1) is 28.5 Å². The van der Waals surface area contributed by atoms with Crippen LogP contribution in [0.4, 0.5) is 10.1 Å². The molecule has 3 nitrogen and oxygen atoms in total. The summed E-state index contributed by atoms with van der Waals surface area (Å²) in [6, 6.07) is 7.53. The molecule has 0 aromatic heterocycles. The lowest BCUT2D eigenvalue weighted by Gasteiger charge is -2.03. The van der Waals surface area contributed by atoms with Crippen LogP contribution in [0.3, 0.4) is 0 Å². The number of hydrogen-bond donors (Lipinski definition) is 1. The largest absolute Gasteiger partial charge is 0.359 e. The fourth-order valence-electron chi connectivity index (χ4n) is 0.855. The second-order valence-electron chi connectivity index (χ2n) is 2.53. The summed E-state index contributed by atoms with van der Waals surface area (Å²) in [5.74, 6) is -0.564. The molecule has 0 heterocycles. The van der Waals surface area contributed by atoms with E-state index in [-0.39, 0.29) is 10.6 Å². The van der Waals surface area contributed by atoms with Gasteiger partial charge in [-0.05, 0) is 12.1 Å². The van der Waals surface area contributed by atoms with Crippen LogP contribution in [0.25, 0.3) is 0 Å². The first-order valence-electron chi connectivity index (χ1n) is 3.90. The van der Waals surface area contributed by atoms with E-state index in [1.165, 1.54) is 24.4 Å². The monoisotopic (exact) mass is 221 g/mol. The van der Waals surface area contributed by atoms with E-state index in [1.807, 2.05) is 0 Å². The van der Waals surface area contributed by atoms with Gasteiger partial charge in [0.2, 0.25) is 0 Å². The Morgan fingerprint density at radius 1 is 1.40 bits per heavy atom. The Balaban J connectivity index is 2.93. The van der Waals surface area contributed by atoms with E-state index in [0.29, 0.717) is 5.69 Å². The third-order valence-corrected chi connectivity index (χ3v) is 1.95. The topological polar surface area (TPSA) is 59.6 Å². The molecule has 0 aliphatic heterocycles. The SMILES string of the molecule is N#CC(C#N)=CNc1cccc(F)c1Cl. The Morgan fingerprint density at radius 2 is 2.07 bits per heavy atom. The molecular weight excluding hydrogens is 217 g/mol. The van der Waals surface area contributed by atoms with Crippen molar-refractivity contribution in [3.8, 4) is 12.1 Å². The third kappa shape index (κ3) is 2.70. The summed E-state index contributed by atoms with van der Waals surface area (Å²) in [4.78, 5) is 0. The van der Waals surface area contributed by atoms with Crippen LogP contribution in [-0.4, -0.2) is 0 Å². The molecule has 0 atom stereocenters. The zero-order chi connectivity index (χ0) is 11.3. The van der Waals surface area contributed by atoms with Crippen LogP contribution >= 0.6 is 11.6 Å². The third-order valence-electron chi connectivity index (χ3n) is 1.56. The van der Waals surface area contributed by atoms with Crippen molar-refractivity contribution in [1.29, 1.82) is 10.5 Å². The lowest BCUT2D eigenvalue weighted by molar-refractivity contribution is 0.629. The first-order valence-corrected chi connectivity index (χ1v) is 4.27. The molecule has 5 heteroatoms. The molecule has 0 radical (unpaired) electrons. The molecule has 1 aromatic carbocycles. The van der Waals surface area contributed by atoms with E-state index in [9.17, 15) is 4.39 Å². The van der Waals surface area contributed by atoms with Gasteiger partial charge in [-0.1, -0.05) is 17.7 Å². The van der Waals surface area contributed by atoms with Crippen molar-refractivity contribution in [2.45, 2.75) is 0 Å². The van der Waals surface area contributed by atoms with Gasteiger partial charge < -0.3 is 5.32 Å². The van der Waals surface area contributed by atoms with Crippen molar-refractivity contribution in [3.05, 3.63) is 40.8 Å². The number of anilines is 1. The Bertz CT molecular complexity index is 466. The lowest BCUT2D eigenvalue weighted by Crippen LogP contribution is -1.92. The summed E-state index contributed by atoms with van der Waals surface area (Å²) in [5.41, 5.74) is 0.190. The summed E-state index contributed by atoms with van der Waals surface area (Å²) in [6.45, 7) is 0. The highest BCUT2D eigenvalue weighted by atomic mass is 35.5. The molecule has 0 amide bonds. The maximum absolute atomic E-state index is 12.9. The van der Waals surface area contributed by atoms with Gasteiger partial charge in [0.15, 0.2) is 0 Å². The molecule has 1 aromatic rings. The molecule has 0 saturated heterocycles. The quantitative estimate of drug-likeness (QED) is 0.782. The normalized spacial score (nSPS) is 8.53. The predicted molar refractivity (Wildman–Crippen MR) is 54.3 cm³/mol. The zero-order valence-corrected chi connectivity index (χ0v) is 8.22. The lowest BCUT2D eigenvalue weighted by atomic mass is 10.3. The maximum atomic E-state index is 12.9. The van der Waals surface area contributed by atoms with Gasteiger partial charge in [0.25, 0.3) is 0 Å². The van der Waals surface area contributed by atoms with E-state index < -0.39 is 5.82 Å². The number of halogens is 2. The van der Waals surface area contributed by atoms with Gasteiger partial charge in [0.05, 0.1) is 10.7 Å². The number of allylic oxidation sites excluding steroid dienone is 1. The smallest absolute Gasteiger partial charge is 0.145 e. The highest BCUT2D eigenvalue weighted by Crippen LogP contribution is 2.24. The summed E-state index contributed by atoms with van der Waals surface area (Å²) in [5, 5.41) is 19.4.